The molecule has 0 aliphatic carbocycles. The normalized spacial score (nSPS) is 17.9. The molecule has 128 valence electrons. The van der Waals surface area contributed by atoms with E-state index >= 15 is 0 Å². The minimum atomic E-state index is 0.0138. The molecule has 2 aromatic carbocycles. The van der Waals surface area contributed by atoms with Crippen molar-refractivity contribution in [2.24, 2.45) is 0 Å². The summed E-state index contributed by atoms with van der Waals surface area (Å²) in [4.78, 5) is 19.5. The second-order valence-electron chi connectivity index (χ2n) is 6.18. The molecule has 1 amide bonds. The van der Waals surface area contributed by atoms with Crippen molar-refractivity contribution in [2.75, 3.05) is 18.4 Å². The van der Waals surface area contributed by atoms with E-state index in [4.69, 9.17) is 4.98 Å². The number of carbonyl (C=O) groups excluding carboxylic acids is 1. The van der Waals surface area contributed by atoms with E-state index in [1.165, 1.54) is 4.70 Å². The molecule has 25 heavy (non-hydrogen) atoms. The third-order valence-corrected chi connectivity index (χ3v) is 6.28. The molecule has 6 heteroatoms. The van der Waals surface area contributed by atoms with Crippen LogP contribution in [0.5, 0.6) is 0 Å². The van der Waals surface area contributed by atoms with Crippen LogP contribution in [0.25, 0.3) is 10.2 Å². The monoisotopic (exact) mass is 415 g/mol. The molecule has 3 aromatic rings. The number of hydrogen-bond donors (Lipinski definition) is 1. The van der Waals surface area contributed by atoms with Gasteiger partial charge in [-0.1, -0.05) is 24.3 Å². The van der Waals surface area contributed by atoms with Gasteiger partial charge < -0.3 is 5.32 Å². The first-order valence-corrected chi connectivity index (χ1v) is 9.95. The van der Waals surface area contributed by atoms with Gasteiger partial charge in [-0.2, -0.15) is 0 Å². The van der Waals surface area contributed by atoms with Gasteiger partial charge in [-0.25, -0.2) is 4.98 Å². The average molecular weight is 416 g/mol. The van der Waals surface area contributed by atoms with Crippen LogP contribution in [0.4, 0.5) is 5.69 Å². The SMILES string of the molecule is O=C(CN1CCC[C@H]1c1nc2ccccc2s1)Nc1ccccc1Br. The Morgan fingerprint density at radius 3 is 2.88 bits per heavy atom. The van der Waals surface area contributed by atoms with Crippen LogP contribution < -0.4 is 5.32 Å². The summed E-state index contributed by atoms with van der Waals surface area (Å²) in [5.41, 5.74) is 1.86. The fourth-order valence-corrected chi connectivity index (χ4v) is 4.79. The van der Waals surface area contributed by atoms with Crippen LogP contribution >= 0.6 is 27.3 Å². The smallest absolute Gasteiger partial charge is 0.238 e. The molecule has 4 nitrogen and oxygen atoms in total. The van der Waals surface area contributed by atoms with Crippen LogP contribution in [0.2, 0.25) is 0 Å². The van der Waals surface area contributed by atoms with Gasteiger partial charge in [0.1, 0.15) is 5.01 Å². The third kappa shape index (κ3) is 3.61. The highest BCUT2D eigenvalue weighted by atomic mass is 79.9. The van der Waals surface area contributed by atoms with Crippen molar-refractivity contribution in [3.63, 3.8) is 0 Å². The molecule has 1 saturated heterocycles. The summed E-state index contributed by atoms with van der Waals surface area (Å²) in [5.74, 6) is 0.0138. The van der Waals surface area contributed by atoms with E-state index in [0.29, 0.717) is 6.54 Å². The maximum atomic E-state index is 12.5. The summed E-state index contributed by atoms with van der Waals surface area (Å²) < 4.78 is 2.11. The minimum absolute atomic E-state index is 0.0138. The molecule has 2 heterocycles. The van der Waals surface area contributed by atoms with Gasteiger partial charge in [-0.3, -0.25) is 9.69 Å². The largest absolute Gasteiger partial charge is 0.324 e. The van der Waals surface area contributed by atoms with Gasteiger partial charge in [-0.15, -0.1) is 11.3 Å². The summed E-state index contributed by atoms with van der Waals surface area (Å²) in [6.07, 6.45) is 2.16. The zero-order valence-corrected chi connectivity index (χ0v) is 16.0. The summed E-state index contributed by atoms with van der Waals surface area (Å²) in [7, 11) is 0. The number of carbonyl (C=O) groups is 1. The van der Waals surface area contributed by atoms with E-state index in [9.17, 15) is 4.79 Å². The highest BCUT2D eigenvalue weighted by molar-refractivity contribution is 9.10. The lowest BCUT2D eigenvalue weighted by atomic mass is 10.2. The number of para-hydroxylation sites is 2. The maximum absolute atomic E-state index is 12.5. The number of nitrogens with zero attached hydrogens (tertiary/aromatic N) is 2. The van der Waals surface area contributed by atoms with Crippen molar-refractivity contribution < 1.29 is 4.79 Å². The van der Waals surface area contributed by atoms with Gasteiger partial charge in [0.2, 0.25) is 5.91 Å². The summed E-state index contributed by atoms with van der Waals surface area (Å²) in [5, 5.41) is 4.11. The Kier molecular flexibility index (Phi) is 4.83. The average Bonchev–Trinajstić information content (AvgIpc) is 3.23. The maximum Gasteiger partial charge on any atom is 0.238 e. The number of aromatic nitrogens is 1. The zero-order chi connectivity index (χ0) is 17.2. The molecule has 0 bridgehead atoms. The minimum Gasteiger partial charge on any atom is -0.324 e. The number of benzene rings is 2. The summed E-state index contributed by atoms with van der Waals surface area (Å²) >= 11 is 5.21. The van der Waals surface area contributed by atoms with E-state index in [1.807, 2.05) is 42.5 Å². The first-order chi connectivity index (χ1) is 12.2. The Bertz CT molecular complexity index is 877. The second-order valence-corrected chi connectivity index (χ2v) is 8.09. The van der Waals surface area contributed by atoms with Crippen molar-refractivity contribution in [1.29, 1.82) is 0 Å². The fraction of sp³-hybridized carbons (Fsp3) is 0.263. The van der Waals surface area contributed by atoms with Crippen molar-refractivity contribution in [3.8, 4) is 0 Å². The number of thiazole rings is 1. The lowest BCUT2D eigenvalue weighted by molar-refractivity contribution is -0.117. The lowest BCUT2D eigenvalue weighted by Gasteiger charge is -2.22. The van der Waals surface area contributed by atoms with E-state index < -0.39 is 0 Å². The van der Waals surface area contributed by atoms with Crippen molar-refractivity contribution >= 4 is 49.1 Å². The topological polar surface area (TPSA) is 45.2 Å². The lowest BCUT2D eigenvalue weighted by Crippen LogP contribution is -2.33. The molecule has 4 rings (SSSR count). The van der Waals surface area contributed by atoms with Crippen LogP contribution in [0.1, 0.15) is 23.9 Å². The van der Waals surface area contributed by atoms with Crippen LogP contribution in [-0.4, -0.2) is 28.9 Å². The first-order valence-electron chi connectivity index (χ1n) is 8.34. The molecule has 0 unspecified atom stereocenters. The number of likely N-dealkylation sites (tertiary alicyclic amines) is 1. The Morgan fingerprint density at radius 1 is 1.24 bits per heavy atom. The van der Waals surface area contributed by atoms with Gasteiger partial charge in [-0.05, 0) is 59.6 Å². The number of anilines is 1. The molecule has 0 spiro atoms. The van der Waals surface area contributed by atoms with E-state index in [-0.39, 0.29) is 11.9 Å². The fourth-order valence-electron chi connectivity index (χ4n) is 3.26. The molecule has 1 aliphatic rings. The zero-order valence-electron chi connectivity index (χ0n) is 13.6. The van der Waals surface area contributed by atoms with E-state index in [0.717, 1.165) is 40.1 Å². The van der Waals surface area contributed by atoms with Crippen LogP contribution in [-0.2, 0) is 4.79 Å². The molecule has 1 aliphatic heterocycles. The van der Waals surface area contributed by atoms with Gasteiger partial charge in [0.05, 0.1) is 28.5 Å². The number of rotatable bonds is 4. The van der Waals surface area contributed by atoms with Gasteiger partial charge in [0.25, 0.3) is 0 Å². The van der Waals surface area contributed by atoms with Crippen molar-refractivity contribution in [2.45, 2.75) is 18.9 Å². The Labute approximate surface area is 159 Å². The van der Waals surface area contributed by atoms with E-state index in [2.05, 4.69) is 32.2 Å². The van der Waals surface area contributed by atoms with Gasteiger partial charge >= 0.3 is 0 Å². The molecule has 0 saturated carbocycles. The Balaban J connectivity index is 1.48. The standard InChI is InChI=1S/C19H18BrN3OS/c20-13-6-1-2-7-14(13)21-18(24)12-23-11-5-9-16(23)19-22-15-8-3-4-10-17(15)25-19/h1-4,6-8,10,16H,5,9,11-12H2,(H,21,24)/t16-/m0/s1. The van der Waals surface area contributed by atoms with Crippen molar-refractivity contribution in [3.05, 3.63) is 58.0 Å². The number of hydrogen-bond acceptors (Lipinski definition) is 4. The Morgan fingerprint density at radius 2 is 2.04 bits per heavy atom. The molecule has 1 atom stereocenters. The number of fused-ring (bicyclic) bond motifs is 1. The molecule has 0 radical (unpaired) electrons. The molecular formula is C19H18BrN3OS. The number of amides is 1. The van der Waals surface area contributed by atoms with Crippen LogP contribution in [0.3, 0.4) is 0 Å². The molecular weight excluding hydrogens is 398 g/mol. The molecule has 1 N–H and O–H groups in total. The van der Waals surface area contributed by atoms with Gasteiger partial charge in [0.15, 0.2) is 0 Å². The first kappa shape index (κ1) is 16.7. The summed E-state index contributed by atoms with van der Waals surface area (Å²) in [6, 6.07) is 16.1. The van der Waals surface area contributed by atoms with Crippen molar-refractivity contribution in [1.82, 2.24) is 9.88 Å². The molecule has 1 fully saturated rings. The predicted octanol–water partition coefficient (Wildman–Crippen LogP) is 4.83. The molecule has 1 aromatic heterocycles. The quantitative estimate of drug-likeness (QED) is 0.663. The number of halogens is 1. The van der Waals surface area contributed by atoms with Gasteiger partial charge in [0, 0.05) is 4.47 Å². The predicted molar refractivity (Wildman–Crippen MR) is 106 cm³/mol. The Hall–Kier alpha value is -1.76. The second kappa shape index (κ2) is 7.23. The van der Waals surface area contributed by atoms with E-state index in [1.54, 1.807) is 11.3 Å². The van der Waals surface area contributed by atoms with Crippen LogP contribution in [0, 0.1) is 0 Å². The van der Waals surface area contributed by atoms with Crippen LogP contribution in [0.15, 0.2) is 53.0 Å². The third-order valence-electron chi connectivity index (χ3n) is 4.45. The highest BCUT2D eigenvalue weighted by Crippen LogP contribution is 2.36. The highest BCUT2D eigenvalue weighted by Gasteiger charge is 2.30. The number of nitrogens with one attached hydrogen (secondary N) is 1. The summed E-state index contributed by atoms with van der Waals surface area (Å²) in [6.45, 7) is 1.33.